The topological polar surface area (TPSA) is 35.5 Å². The van der Waals surface area contributed by atoms with Crippen molar-refractivity contribution in [2.45, 2.75) is 38.3 Å². The van der Waals surface area contributed by atoms with E-state index in [9.17, 15) is 5.11 Å². The maximum absolute atomic E-state index is 9.79. The second-order valence-electron chi connectivity index (χ2n) is 4.86. The molecule has 3 atom stereocenters. The quantitative estimate of drug-likeness (QED) is 0.642. The highest BCUT2D eigenvalue weighted by molar-refractivity contribution is 4.89. The molecule has 2 rings (SSSR count). The summed E-state index contributed by atoms with van der Waals surface area (Å²) in [7, 11) is 0. The van der Waals surface area contributed by atoms with Gasteiger partial charge in [0.25, 0.3) is 0 Å². The molecule has 3 heteroatoms. The summed E-state index contributed by atoms with van der Waals surface area (Å²) < 4.78 is 0. The zero-order chi connectivity index (χ0) is 9.97. The largest absolute Gasteiger partial charge is 0.390 e. The van der Waals surface area contributed by atoms with Crippen molar-refractivity contribution in [3.63, 3.8) is 0 Å². The SMILES string of the molecule is CC1CCCN(C2CNCC2O)CC1. The predicted octanol–water partition coefficient (Wildman–Crippen LogP) is 0.441. The monoisotopic (exact) mass is 198 g/mol. The van der Waals surface area contributed by atoms with E-state index in [2.05, 4.69) is 17.1 Å². The van der Waals surface area contributed by atoms with Gasteiger partial charge in [-0.3, -0.25) is 4.90 Å². The summed E-state index contributed by atoms with van der Waals surface area (Å²) in [5, 5.41) is 13.1. The van der Waals surface area contributed by atoms with Crippen LogP contribution in [0, 0.1) is 5.92 Å². The normalized spacial score (nSPS) is 41.1. The van der Waals surface area contributed by atoms with Crippen LogP contribution in [0.3, 0.4) is 0 Å². The van der Waals surface area contributed by atoms with E-state index in [0.29, 0.717) is 6.04 Å². The Kier molecular flexibility index (Phi) is 3.42. The highest BCUT2D eigenvalue weighted by Crippen LogP contribution is 2.20. The molecule has 0 saturated carbocycles. The van der Waals surface area contributed by atoms with E-state index in [1.54, 1.807) is 0 Å². The molecule has 2 fully saturated rings. The van der Waals surface area contributed by atoms with Gasteiger partial charge >= 0.3 is 0 Å². The van der Waals surface area contributed by atoms with Crippen LogP contribution < -0.4 is 5.32 Å². The Labute approximate surface area is 86.5 Å². The molecule has 3 unspecified atom stereocenters. The van der Waals surface area contributed by atoms with E-state index in [1.807, 2.05) is 0 Å². The Morgan fingerprint density at radius 2 is 2.07 bits per heavy atom. The Bertz CT molecular complexity index is 186. The summed E-state index contributed by atoms with van der Waals surface area (Å²) in [5.41, 5.74) is 0. The number of nitrogens with zero attached hydrogens (tertiary/aromatic N) is 1. The van der Waals surface area contributed by atoms with E-state index in [4.69, 9.17) is 0 Å². The lowest BCUT2D eigenvalue weighted by Crippen LogP contribution is -2.43. The fourth-order valence-corrected chi connectivity index (χ4v) is 2.64. The zero-order valence-electron chi connectivity index (χ0n) is 9.08. The van der Waals surface area contributed by atoms with Gasteiger partial charge in [0.05, 0.1) is 6.10 Å². The lowest BCUT2D eigenvalue weighted by molar-refractivity contribution is 0.0847. The predicted molar refractivity (Wildman–Crippen MR) is 57.3 cm³/mol. The minimum absolute atomic E-state index is 0.150. The van der Waals surface area contributed by atoms with Crippen LogP contribution in [0.15, 0.2) is 0 Å². The summed E-state index contributed by atoms with van der Waals surface area (Å²) >= 11 is 0. The number of likely N-dealkylation sites (tertiary alicyclic amines) is 1. The van der Waals surface area contributed by atoms with Gasteiger partial charge in [0.1, 0.15) is 0 Å². The maximum Gasteiger partial charge on any atom is 0.0831 e. The van der Waals surface area contributed by atoms with Gasteiger partial charge in [0.15, 0.2) is 0 Å². The van der Waals surface area contributed by atoms with Gasteiger partial charge < -0.3 is 10.4 Å². The second-order valence-corrected chi connectivity index (χ2v) is 4.86. The molecule has 0 bridgehead atoms. The van der Waals surface area contributed by atoms with Crippen molar-refractivity contribution in [3.8, 4) is 0 Å². The number of aliphatic hydroxyl groups excluding tert-OH is 1. The zero-order valence-corrected chi connectivity index (χ0v) is 9.08. The van der Waals surface area contributed by atoms with Crippen molar-refractivity contribution in [1.82, 2.24) is 10.2 Å². The molecule has 82 valence electrons. The summed E-state index contributed by atoms with van der Waals surface area (Å²) in [4.78, 5) is 2.48. The van der Waals surface area contributed by atoms with E-state index in [1.165, 1.54) is 32.4 Å². The summed E-state index contributed by atoms with van der Waals surface area (Å²) in [6.07, 6.45) is 3.80. The highest BCUT2D eigenvalue weighted by atomic mass is 16.3. The van der Waals surface area contributed by atoms with Crippen LogP contribution in [0.2, 0.25) is 0 Å². The van der Waals surface area contributed by atoms with Crippen LogP contribution in [-0.2, 0) is 0 Å². The Balaban J connectivity index is 1.90. The van der Waals surface area contributed by atoms with Gasteiger partial charge in [0.2, 0.25) is 0 Å². The lowest BCUT2D eigenvalue weighted by atomic mass is 10.0. The molecule has 2 N–H and O–H groups in total. The van der Waals surface area contributed by atoms with E-state index in [-0.39, 0.29) is 6.10 Å². The first-order chi connectivity index (χ1) is 6.77. The molecule has 0 aromatic heterocycles. The Hall–Kier alpha value is -0.120. The minimum Gasteiger partial charge on any atom is -0.390 e. The van der Waals surface area contributed by atoms with Crippen molar-refractivity contribution in [3.05, 3.63) is 0 Å². The van der Waals surface area contributed by atoms with Crippen molar-refractivity contribution >= 4 is 0 Å². The standard InChI is InChI=1S/C11H22N2O/c1-9-3-2-5-13(6-4-9)10-7-12-8-11(10)14/h9-12,14H,2-8H2,1H3. The molecule has 0 aromatic rings. The molecule has 2 aliphatic rings. The van der Waals surface area contributed by atoms with Crippen molar-refractivity contribution in [2.24, 2.45) is 5.92 Å². The van der Waals surface area contributed by atoms with Gasteiger partial charge in [-0.1, -0.05) is 6.92 Å². The smallest absolute Gasteiger partial charge is 0.0831 e. The molecule has 0 amide bonds. The Morgan fingerprint density at radius 3 is 2.79 bits per heavy atom. The van der Waals surface area contributed by atoms with Gasteiger partial charge in [-0.15, -0.1) is 0 Å². The van der Waals surface area contributed by atoms with E-state index in [0.717, 1.165) is 19.0 Å². The molecule has 3 nitrogen and oxygen atoms in total. The first-order valence-electron chi connectivity index (χ1n) is 5.90. The van der Waals surface area contributed by atoms with Crippen LogP contribution in [0.5, 0.6) is 0 Å². The first-order valence-corrected chi connectivity index (χ1v) is 5.90. The van der Waals surface area contributed by atoms with Crippen LogP contribution in [0.1, 0.15) is 26.2 Å². The van der Waals surface area contributed by atoms with Gasteiger partial charge in [-0.05, 0) is 38.3 Å². The molecule has 2 aliphatic heterocycles. The lowest BCUT2D eigenvalue weighted by Gasteiger charge is -2.28. The third kappa shape index (κ3) is 2.27. The van der Waals surface area contributed by atoms with Gasteiger partial charge in [-0.2, -0.15) is 0 Å². The van der Waals surface area contributed by atoms with Crippen molar-refractivity contribution in [1.29, 1.82) is 0 Å². The average Bonchev–Trinajstić information content (AvgIpc) is 2.46. The number of β-amino-alcohol motifs (C(OH)–C–C–N with tert-alkyl or cyclic N) is 1. The molecular weight excluding hydrogens is 176 g/mol. The summed E-state index contributed by atoms with van der Waals surface area (Å²) in [5.74, 6) is 0.867. The van der Waals surface area contributed by atoms with Crippen LogP contribution >= 0.6 is 0 Å². The van der Waals surface area contributed by atoms with Crippen LogP contribution in [0.25, 0.3) is 0 Å². The summed E-state index contributed by atoms with van der Waals surface area (Å²) in [6.45, 7) is 6.43. The summed E-state index contributed by atoms with van der Waals surface area (Å²) in [6, 6.07) is 0.375. The van der Waals surface area contributed by atoms with Gasteiger partial charge in [0, 0.05) is 19.1 Å². The van der Waals surface area contributed by atoms with Crippen LogP contribution in [0.4, 0.5) is 0 Å². The van der Waals surface area contributed by atoms with Crippen molar-refractivity contribution in [2.75, 3.05) is 26.2 Å². The minimum atomic E-state index is -0.150. The molecule has 14 heavy (non-hydrogen) atoms. The molecule has 0 aromatic carbocycles. The highest BCUT2D eigenvalue weighted by Gasteiger charge is 2.31. The Morgan fingerprint density at radius 1 is 1.21 bits per heavy atom. The molecule has 0 spiro atoms. The number of hydrogen-bond donors (Lipinski definition) is 2. The number of nitrogens with one attached hydrogen (secondary N) is 1. The molecule has 2 saturated heterocycles. The van der Waals surface area contributed by atoms with Crippen molar-refractivity contribution < 1.29 is 5.11 Å². The number of rotatable bonds is 1. The third-order valence-electron chi connectivity index (χ3n) is 3.67. The molecule has 2 heterocycles. The molecule has 0 radical (unpaired) electrons. The number of aliphatic hydroxyl groups is 1. The molecular formula is C11H22N2O. The first kappa shape index (κ1) is 10.4. The fraction of sp³-hybridized carbons (Fsp3) is 1.00. The van der Waals surface area contributed by atoms with Crippen LogP contribution in [-0.4, -0.2) is 48.3 Å². The third-order valence-corrected chi connectivity index (χ3v) is 3.67. The average molecular weight is 198 g/mol. The van der Waals surface area contributed by atoms with E-state index >= 15 is 0 Å². The fourth-order valence-electron chi connectivity index (χ4n) is 2.64. The molecule has 0 aliphatic carbocycles. The number of hydrogen-bond acceptors (Lipinski definition) is 3. The maximum atomic E-state index is 9.79. The van der Waals surface area contributed by atoms with E-state index < -0.39 is 0 Å². The van der Waals surface area contributed by atoms with Gasteiger partial charge in [-0.25, -0.2) is 0 Å². The second kappa shape index (κ2) is 4.60.